The van der Waals surface area contributed by atoms with Gasteiger partial charge < -0.3 is 10.2 Å². The van der Waals surface area contributed by atoms with Gasteiger partial charge in [0.25, 0.3) is 0 Å². The van der Waals surface area contributed by atoms with Gasteiger partial charge in [-0.1, -0.05) is 71.7 Å². The van der Waals surface area contributed by atoms with Crippen LogP contribution in [0.25, 0.3) is 0 Å². The number of hydrogen-bond donors (Lipinski definition) is 1. The van der Waals surface area contributed by atoms with Crippen molar-refractivity contribution in [3.63, 3.8) is 0 Å². The van der Waals surface area contributed by atoms with E-state index < -0.39 is 21.9 Å². The van der Waals surface area contributed by atoms with Crippen LogP contribution in [0.5, 0.6) is 0 Å². The van der Waals surface area contributed by atoms with Crippen molar-refractivity contribution in [1.82, 2.24) is 10.2 Å². The molecule has 0 fully saturated rings. The maximum Gasteiger partial charge on any atom is 0.243 e. The van der Waals surface area contributed by atoms with E-state index in [9.17, 15) is 22.4 Å². The fourth-order valence-electron chi connectivity index (χ4n) is 4.41. The van der Waals surface area contributed by atoms with Crippen LogP contribution in [0.4, 0.5) is 10.1 Å². The Balaban J connectivity index is 1.91. The Labute approximate surface area is 251 Å². The Morgan fingerprint density at radius 2 is 1.59 bits per heavy atom. The Kier molecular flexibility index (Phi) is 11.6. The molecule has 0 radical (unpaired) electrons. The first kappa shape index (κ1) is 32.4. The number of halogens is 3. The standard InChI is InChI=1S/C30H34Cl2FN3O4S/c1-21(2)34-30(38)28(19-22-10-5-4-6-11-22)35(20-23-15-16-24(31)25(32)18-23)29(37)14-9-17-36(41(3,39)40)27-13-8-7-12-26(27)33/h4-8,10-13,15-16,18,21,28H,9,14,17,19-20H2,1-3H3,(H,34,38)/t28-/m1/s1. The van der Waals surface area contributed by atoms with Crippen molar-refractivity contribution in [2.24, 2.45) is 0 Å². The largest absolute Gasteiger partial charge is 0.352 e. The molecule has 0 saturated carbocycles. The Hall–Kier alpha value is -3.14. The molecule has 2 amide bonds. The highest BCUT2D eigenvalue weighted by atomic mass is 35.5. The van der Waals surface area contributed by atoms with Crippen molar-refractivity contribution < 1.29 is 22.4 Å². The molecule has 0 bridgehead atoms. The molecule has 0 spiro atoms. The minimum atomic E-state index is -3.82. The average molecular weight is 623 g/mol. The van der Waals surface area contributed by atoms with Crippen LogP contribution in [0, 0.1) is 5.82 Å². The van der Waals surface area contributed by atoms with Gasteiger partial charge >= 0.3 is 0 Å². The number of para-hydroxylation sites is 1. The maximum absolute atomic E-state index is 14.4. The van der Waals surface area contributed by atoms with Crippen molar-refractivity contribution in [2.45, 2.75) is 51.7 Å². The van der Waals surface area contributed by atoms with E-state index in [-0.39, 0.29) is 55.9 Å². The third-order valence-corrected chi connectivity index (χ3v) is 8.23. The number of anilines is 1. The van der Waals surface area contributed by atoms with Gasteiger partial charge in [0.05, 0.1) is 22.0 Å². The van der Waals surface area contributed by atoms with Gasteiger partial charge in [0, 0.05) is 32.0 Å². The van der Waals surface area contributed by atoms with Crippen LogP contribution >= 0.6 is 23.2 Å². The summed E-state index contributed by atoms with van der Waals surface area (Å²) >= 11 is 12.3. The second-order valence-corrected chi connectivity index (χ2v) is 12.8. The van der Waals surface area contributed by atoms with Crippen LogP contribution in [0.3, 0.4) is 0 Å². The van der Waals surface area contributed by atoms with E-state index in [1.54, 1.807) is 24.3 Å². The molecule has 3 aromatic rings. The lowest BCUT2D eigenvalue weighted by molar-refractivity contribution is -0.141. The van der Waals surface area contributed by atoms with E-state index in [0.717, 1.165) is 16.1 Å². The highest BCUT2D eigenvalue weighted by Crippen LogP contribution is 2.25. The highest BCUT2D eigenvalue weighted by Gasteiger charge is 2.31. The third-order valence-electron chi connectivity index (χ3n) is 6.31. The number of nitrogens with zero attached hydrogens (tertiary/aromatic N) is 2. The number of rotatable bonds is 13. The summed E-state index contributed by atoms with van der Waals surface area (Å²) in [5.74, 6) is -1.36. The number of benzene rings is 3. The minimum absolute atomic E-state index is 0.0713. The highest BCUT2D eigenvalue weighted by molar-refractivity contribution is 7.92. The SMILES string of the molecule is CC(C)NC(=O)[C@@H](Cc1ccccc1)N(Cc1ccc(Cl)c(Cl)c1)C(=O)CCCN(c1ccccc1F)S(C)(=O)=O. The third kappa shape index (κ3) is 9.45. The van der Waals surface area contributed by atoms with Crippen molar-refractivity contribution in [2.75, 3.05) is 17.1 Å². The molecule has 3 rings (SSSR count). The molecule has 0 unspecified atom stereocenters. The number of carbonyl (C=O) groups excluding carboxylic acids is 2. The molecule has 3 aromatic carbocycles. The Bertz CT molecular complexity index is 1460. The monoisotopic (exact) mass is 621 g/mol. The fraction of sp³-hybridized carbons (Fsp3) is 0.333. The molecule has 0 aliphatic carbocycles. The van der Waals surface area contributed by atoms with Gasteiger partial charge in [0.15, 0.2) is 0 Å². The van der Waals surface area contributed by atoms with Crippen LogP contribution in [0.2, 0.25) is 10.0 Å². The number of hydrogen-bond acceptors (Lipinski definition) is 4. The molecule has 220 valence electrons. The van der Waals surface area contributed by atoms with Crippen LogP contribution in [0.15, 0.2) is 72.8 Å². The van der Waals surface area contributed by atoms with Crippen molar-refractivity contribution in [3.8, 4) is 0 Å². The van der Waals surface area contributed by atoms with Crippen molar-refractivity contribution >= 4 is 50.7 Å². The molecular formula is C30H34Cl2FN3O4S. The van der Waals surface area contributed by atoms with E-state index in [4.69, 9.17) is 23.2 Å². The van der Waals surface area contributed by atoms with Crippen LogP contribution in [-0.2, 0) is 32.6 Å². The Morgan fingerprint density at radius 3 is 2.20 bits per heavy atom. The summed E-state index contributed by atoms with van der Waals surface area (Å²) < 4.78 is 40.4. The summed E-state index contributed by atoms with van der Waals surface area (Å²) in [5, 5.41) is 3.60. The number of amides is 2. The lowest BCUT2D eigenvalue weighted by atomic mass is 10.0. The van der Waals surface area contributed by atoms with Gasteiger partial charge in [-0.15, -0.1) is 0 Å². The molecular weight excluding hydrogens is 588 g/mol. The van der Waals surface area contributed by atoms with Gasteiger partial charge in [-0.2, -0.15) is 0 Å². The zero-order chi connectivity index (χ0) is 30.2. The first-order valence-electron chi connectivity index (χ1n) is 13.2. The van der Waals surface area contributed by atoms with Gasteiger partial charge in [-0.3, -0.25) is 13.9 Å². The second kappa shape index (κ2) is 14.7. The fourth-order valence-corrected chi connectivity index (χ4v) is 5.69. The summed E-state index contributed by atoms with van der Waals surface area (Å²) in [7, 11) is -3.82. The van der Waals surface area contributed by atoms with Crippen LogP contribution in [0.1, 0.15) is 37.8 Å². The molecule has 1 atom stereocenters. The summed E-state index contributed by atoms with van der Waals surface area (Å²) in [6, 6.07) is 18.9. The summed E-state index contributed by atoms with van der Waals surface area (Å²) in [6.07, 6.45) is 1.27. The maximum atomic E-state index is 14.4. The van der Waals surface area contributed by atoms with Crippen molar-refractivity contribution in [1.29, 1.82) is 0 Å². The molecule has 0 aliphatic heterocycles. The molecule has 11 heteroatoms. The van der Waals surface area contributed by atoms with Crippen LogP contribution in [-0.4, -0.2) is 50.0 Å². The van der Waals surface area contributed by atoms with Gasteiger partial charge in [0.2, 0.25) is 21.8 Å². The van der Waals surface area contributed by atoms with Gasteiger partial charge in [-0.25, -0.2) is 12.8 Å². The topological polar surface area (TPSA) is 86.8 Å². The normalized spacial score (nSPS) is 12.2. The van der Waals surface area contributed by atoms with E-state index in [1.165, 1.54) is 23.1 Å². The summed E-state index contributed by atoms with van der Waals surface area (Å²) in [6.45, 7) is 3.63. The zero-order valence-corrected chi connectivity index (χ0v) is 25.5. The molecule has 0 aromatic heterocycles. The number of carbonyl (C=O) groups is 2. The zero-order valence-electron chi connectivity index (χ0n) is 23.2. The predicted molar refractivity (Wildman–Crippen MR) is 162 cm³/mol. The number of sulfonamides is 1. The smallest absolute Gasteiger partial charge is 0.243 e. The lowest BCUT2D eigenvalue weighted by Gasteiger charge is -2.32. The second-order valence-electron chi connectivity index (χ2n) is 10.0. The number of nitrogens with one attached hydrogen (secondary N) is 1. The summed E-state index contributed by atoms with van der Waals surface area (Å²) in [5.41, 5.74) is 1.45. The van der Waals surface area contributed by atoms with E-state index in [2.05, 4.69) is 5.32 Å². The molecule has 1 N–H and O–H groups in total. The minimum Gasteiger partial charge on any atom is -0.352 e. The first-order valence-corrected chi connectivity index (χ1v) is 15.8. The van der Waals surface area contributed by atoms with E-state index in [1.807, 2.05) is 44.2 Å². The van der Waals surface area contributed by atoms with Crippen LogP contribution < -0.4 is 9.62 Å². The van der Waals surface area contributed by atoms with E-state index in [0.29, 0.717) is 15.6 Å². The molecule has 7 nitrogen and oxygen atoms in total. The molecule has 0 saturated heterocycles. The predicted octanol–water partition coefficient (Wildman–Crippen LogP) is 5.84. The van der Waals surface area contributed by atoms with Gasteiger partial charge in [0.1, 0.15) is 11.9 Å². The van der Waals surface area contributed by atoms with E-state index >= 15 is 0 Å². The Morgan fingerprint density at radius 1 is 0.927 bits per heavy atom. The average Bonchev–Trinajstić information content (AvgIpc) is 2.90. The molecule has 0 heterocycles. The lowest BCUT2D eigenvalue weighted by Crippen LogP contribution is -2.51. The van der Waals surface area contributed by atoms with Gasteiger partial charge in [-0.05, 0) is 55.7 Å². The quantitative estimate of drug-likeness (QED) is 0.260. The molecule has 41 heavy (non-hydrogen) atoms. The van der Waals surface area contributed by atoms with Crippen molar-refractivity contribution in [3.05, 3.63) is 99.8 Å². The first-order chi connectivity index (χ1) is 19.4. The molecule has 0 aliphatic rings. The summed E-state index contributed by atoms with van der Waals surface area (Å²) in [4.78, 5) is 28.8.